The zero-order chi connectivity index (χ0) is 13.0. The Labute approximate surface area is 97.9 Å². The molecule has 1 N–H and O–H groups in total. The summed E-state index contributed by atoms with van der Waals surface area (Å²) in [4.78, 5) is 9.70. The lowest BCUT2D eigenvalue weighted by atomic mass is 10.2. The number of aryl methyl sites for hydroxylation is 1. The molecule has 0 aliphatic rings. The second-order valence-corrected chi connectivity index (χ2v) is 2.93. The number of rotatable bonds is 1. The molecule has 0 atom stereocenters. The molecule has 16 heavy (non-hydrogen) atoms. The average Bonchev–Trinajstić information content (AvgIpc) is 2.32. The zero-order valence-corrected chi connectivity index (χ0v) is 10.8. The molecule has 92 valence electrons. The van der Waals surface area contributed by atoms with Crippen molar-refractivity contribution in [3.63, 3.8) is 0 Å². The largest absolute Gasteiger partial charge is 0.359 e. The summed E-state index contributed by atoms with van der Waals surface area (Å²) in [5.74, 6) is 0.00463. The fourth-order valence-electron chi connectivity index (χ4n) is 0.795. The van der Waals surface area contributed by atoms with Crippen LogP contribution in [0.3, 0.4) is 0 Å². The van der Waals surface area contributed by atoms with Crippen molar-refractivity contribution in [3.8, 4) is 0 Å². The molecule has 0 aliphatic heterocycles. The highest BCUT2D eigenvalue weighted by atomic mass is 19.1. The maximum Gasteiger partial charge on any atom is 0.216 e. The van der Waals surface area contributed by atoms with E-state index in [1.165, 1.54) is 6.92 Å². The summed E-state index contributed by atoms with van der Waals surface area (Å²) in [6.07, 6.45) is 0. The Kier molecular flexibility index (Phi) is 12.4. The van der Waals surface area contributed by atoms with E-state index in [1.807, 2.05) is 39.0 Å². The van der Waals surface area contributed by atoms with Crippen LogP contribution in [0.4, 0.5) is 4.39 Å². The van der Waals surface area contributed by atoms with Crippen LogP contribution in [0.2, 0.25) is 0 Å². The Morgan fingerprint density at radius 1 is 1.38 bits per heavy atom. The van der Waals surface area contributed by atoms with Crippen LogP contribution in [-0.4, -0.2) is 13.0 Å². The second-order valence-electron chi connectivity index (χ2n) is 2.93. The first-order valence-electron chi connectivity index (χ1n) is 5.40. The number of hydrogen-bond donors (Lipinski definition) is 1. The van der Waals surface area contributed by atoms with Crippen LogP contribution < -0.4 is 5.32 Å². The van der Waals surface area contributed by atoms with Gasteiger partial charge in [0.25, 0.3) is 0 Å². The minimum absolute atomic E-state index is 0.00463. The molecule has 0 heterocycles. The molecule has 0 spiro atoms. The lowest BCUT2D eigenvalue weighted by molar-refractivity contribution is -0.118. The maximum absolute atomic E-state index is 11.9. The first-order chi connectivity index (χ1) is 7.60. The van der Waals surface area contributed by atoms with E-state index in [9.17, 15) is 9.18 Å². The number of carbonyl (C=O) groups is 1. The summed E-state index contributed by atoms with van der Waals surface area (Å²) in [5.41, 5.74) is 1.88. The number of hydrogen-bond acceptors (Lipinski definition) is 1. The van der Waals surface area contributed by atoms with Gasteiger partial charge in [-0.15, -0.1) is 0 Å². The van der Waals surface area contributed by atoms with Gasteiger partial charge in [0, 0.05) is 14.0 Å². The molecule has 0 unspecified atom stereocenters. The van der Waals surface area contributed by atoms with Crippen molar-refractivity contribution < 1.29 is 9.18 Å². The first-order valence-corrected chi connectivity index (χ1v) is 5.40. The topological polar surface area (TPSA) is 29.1 Å². The molecule has 1 amide bonds. The summed E-state index contributed by atoms with van der Waals surface area (Å²) in [6.45, 7) is 7.07. The number of benzene rings is 1. The highest BCUT2D eigenvalue weighted by Crippen LogP contribution is 2.04. The van der Waals surface area contributed by atoms with E-state index in [4.69, 9.17) is 0 Å². The molecule has 0 fully saturated rings. The lowest BCUT2D eigenvalue weighted by Gasteiger charge is -1.93. The van der Waals surface area contributed by atoms with E-state index in [2.05, 4.69) is 5.32 Å². The Morgan fingerprint density at radius 2 is 1.88 bits per heavy atom. The summed E-state index contributed by atoms with van der Waals surface area (Å²) in [5, 5.41) is 2.39. The van der Waals surface area contributed by atoms with Crippen LogP contribution in [-0.2, 0) is 11.5 Å². The van der Waals surface area contributed by atoms with Gasteiger partial charge in [-0.25, -0.2) is 4.39 Å². The monoisotopic (exact) mass is 227 g/mol. The molecular formula is C13H22FNO. The molecular weight excluding hydrogens is 205 g/mol. The van der Waals surface area contributed by atoms with Gasteiger partial charge in [0.1, 0.15) is 6.67 Å². The SMILES string of the molecule is CC.CNC(C)=O.Cc1cccc(CF)c1. The van der Waals surface area contributed by atoms with Gasteiger partial charge in [0.05, 0.1) is 0 Å². The lowest BCUT2D eigenvalue weighted by Crippen LogP contribution is -2.11. The molecule has 0 aromatic heterocycles. The van der Waals surface area contributed by atoms with Crippen LogP contribution in [0.15, 0.2) is 24.3 Å². The maximum atomic E-state index is 11.9. The third-order valence-corrected chi connectivity index (χ3v) is 1.59. The number of carbonyl (C=O) groups excluding carboxylic acids is 1. The molecule has 0 bridgehead atoms. The minimum atomic E-state index is -0.359. The Balaban J connectivity index is 0. The van der Waals surface area contributed by atoms with Gasteiger partial charge >= 0.3 is 0 Å². The average molecular weight is 227 g/mol. The first kappa shape index (κ1) is 17.0. The summed E-state index contributed by atoms with van der Waals surface area (Å²) < 4.78 is 11.9. The van der Waals surface area contributed by atoms with Crippen molar-refractivity contribution in [2.75, 3.05) is 7.05 Å². The van der Waals surface area contributed by atoms with Crippen LogP contribution in [0.25, 0.3) is 0 Å². The van der Waals surface area contributed by atoms with Crippen LogP contribution in [0, 0.1) is 6.92 Å². The highest BCUT2D eigenvalue weighted by Gasteiger charge is 1.88. The van der Waals surface area contributed by atoms with Crippen LogP contribution in [0.5, 0.6) is 0 Å². The number of nitrogens with one attached hydrogen (secondary N) is 1. The molecule has 1 aromatic carbocycles. The summed E-state index contributed by atoms with van der Waals surface area (Å²) in [7, 11) is 1.60. The van der Waals surface area contributed by atoms with Gasteiger partial charge in [-0.1, -0.05) is 43.7 Å². The Hall–Kier alpha value is -1.38. The molecule has 0 aliphatic carbocycles. The number of amides is 1. The fraction of sp³-hybridized carbons (Fsp3) is 0.462. The van der Waals surface area contributed by atoms with E-state index in [1.54, 1.807) is 13.1 Å². The van der Waals surface area contributed by atoms with Gasteiger partial charge in [0.2, 0.25) is 5.91 Å². The van der Waals surface area contributed by atoms with E-state index in [0.29, 0.717) is 0 Å². The van der Waals surface area contributed by atoms with Gasteiger partial charge in [0.15, 0.2) is 0 Å². The van der Waals surface area contributed by atoms with Crippen LogP contribution >= 0.6 is 0 Å². The van der Waals surface area contributed by atoms with Crippen molar-refractivity contribution in [1.29, 1.82) is 0 Å². The van der Waals surface area contributed by atoms with Crippen LogP contribution in [0.1, 0.15) is 31.9 Å². The minimum Gasteiger partial charge on any atom is -0.359 e. The van der Waals surface area contributed by atoms with Crippen molar-refractivity contribution in [3.05, 3.63) is 35.4 Å². The predicted molar refractivity (Wildman–Crippen MR) is 67.1 cm³/mol. The zero-order valence-electron chi connectivity index (χ0n) is 10.8. The highest BCUT2D eigenvalue weighted by molar-refractivity contribution is 5.72. The van der Waals surface area contributed by atoms with Gasteiger partial charge in [-0.2, -0.15) is 0 Å². The predicted octanol–water partition coefficient (Wildman–Crippen LogP) is 3.24. The molecule has 0 saturated heterocycles. The van der Waals surface area contributed by atoms with Crippen molar-refractivity contribution in [2.45, 2.75) is 34.4 Å². The fourth-order valence-corrected chi connectivity index (χ4v) is 0.795. The van der Waals surface area contributed by atoms with Crippen molar-refractivity contribution >= 4 is 5.91 Å². The summed E-state index contributed by atoms with van der Waals surface area (Å²) >= 11 is 0. The smallest absolute Gasteiger partial charge is 0.216 e. The number of halogens is 1. The molecule has 3 heteroatoms. The quantitative estimate of drug-likeness (QED) is 0.784. The standard InChI is InChI=1S/C8H9F.C3H7NO.C2H6/c1-7-3-2-4-8(5-7)6-9;1-3(5)4-2;1-2/h2-5H,6H2,1H3;1-2H3,(H,4,5);1-2H3. The molecule has 1 rings (SSSR count). The van der Waals surface area contributed by atoms with Gasteiger partial charge in [-0.3, -0.25) is 4.79 Å². The number of alkyl halides is 1. The Bertz CT molecular complexity index is 287. The molecule has 0 radical (unpaired) electrons. The third-order valence-electron chi connectivity index (χ3n) is 1.59. The molecule has 0 saturated carbocycles. The second kappa shape index (κ2) is 11.7. The Morgan fingerprint density at radius 3 is 2.12 bits per heavy atom. The van der Waals surface area contributed by atoms with Crippen molar-refractivity contribution in [1.82, 2.24) is 5.32 Å². The van der Waals surface area contributed by atoms with Gasteiger partial charge in [-0.05, 0) is 12.5 Å². The van der Waals surface area contributed by atoms with Crippen molar-refractivity contribution in [2.24, 2.45) is 0 Å². The normalized spacial score (nSPS) is 7.88. The third kappa shape index (κ3) is 10.7. The van der Waals surface area contributed by atoms with E-state index < -0.39 is 0 Å². The van der Waals surface area contributed by atoms with E-state index in [-0.39, 0.29) is 12.6 Å². The molecule has 2 nitrogen and oxygen atoms in total. The summed E-state index contributed by atoms with van der Waals surface area (Å²) in [6, 6.07) is 7.45. The van der Waals surface area contributed by atoms with E-state index >= 15 is 0 Å². The van der Waals surface area contributed by atoms with E-state index in [0.717, 1.165) is 11.1 Å². The molecule has 1 aromatic rings. The van der Waals surface area contributed by atoms with Gasteiger partial charge < -0.3 is 5.32 Å².